The van der Waals surface area contributed by atoms with Gasteiger partial charge in [-0.1, -0.05) is 93.3 Å². The first-order chi connectivity index (χ1) is 17.7. The van der Waals surface area contributed by atoms with Crippen LogP contribution in [0.3, 0.4) is 0 Å². The summed E-state index contributed by atoms with van der Waals surface area (Å²) in [6, 6.07) is 22.7. The van der Waals surface area contributed by atoms with Crippen molar-refractivity contribution in [2.75, 3.05) is 0 Å². The molecule has 4 aromatic rings. The second-order valence-corrected chi connectivity index (χ2v) is 11.4. The molecule has 0 radical (unpaired) electrons. The number of ether oxygens (including phenoxy) is 1. The van der Waals surface area contributed by atoms with Crippen molar-refractivity contribution in [3.05, 3.63) is 111 Å². The molecule has 1 saturated heterocycles. The average molecular weight is 528 g/mol. The monoisotopic (exact) mass is 527 g/mol. The maximum Gasteiger partial charge on any atom is 0.269 e. The average Bonchev–Trinajstić information content (AvgIpc) is 3.14. The Morgan fingerprint density at radius 1 is 0.973 bits per heavy atom. The van der Waals surface area contributed by atoms with Crippen molar-refractivity contribution in [2.24, 2.45) is 0 Å². The molecule has 1 aliphatic rings. The Kier molecular flexibility index (Phi) is 6.70. The van der Waals surface area contributed by atoms with Crippen molar-refractivity contribution in [2.45, 2.75) is 32.7 Å². The minimum Gasteiger partial charge on any atom is -0.438 e. The maximum atomic E-state index is 13.5. The molecule has 1 fully saturated rings. The molecular formula is C29H25N3O3S2. The van der Waals surface area contributed by atoms with Gasteiger partial charge in [0, 0.05) is 6.20 Å². The lowest BCUT2D eigenvalue weighted by Gasteiger charge is -2.19. The molecule has 0 saturated carbocycles. The van der Waals surface area contributed by atoms with Crippen molar-refractivity contribution < 1.29 is 9.53 Å². The fourth-order valence-electron chi connectivity index (χ4n) is 3.95. The Morgan fingerprint density at radius 2 is 1.68 bits per heavy atom. The zero-order valence-electron chi connectivity index (χ0n) is 20.7. The number of thioether (sulfide) groups is 1. The zero-order valence-corrected chi connectivity index (χ0v) is 22.3. The van der Waals surface area contributed by atoms with Gasteiger partial charge < -0.3 is 4.74 Å². The Bertz CT molecular complexity index is 1590. The molecule has 0 N–H and O–H groups in total. The SMILES string of the molecule is CC(C)(C)c1ccc(Oc2nc3ccccn3c(=O)c2/C=C2/SC(=S)N(Cc3ccccc3)C2=O)cc1. The van der Waals surface area contributed by atoms with E-state index in [1.165, 1.54) is 22.2 Å². The summed E-state index contributed by atoms with van der Waals surface area (Å²) >= 11 is 6.66. The van der Waals surface area contributed by atoms with Gasteiger partial charge in [0.15, 0.2) is 0 Å². The summed E-state index contributed by atoms with van der Waals surface area (Å²) in [5.74, 6) is 0.427. The Morgan fingerprint density at radius 3 is 2.38 bits per heavy atom. The number of fused-ring (bicyclic) bond motifs is 1. The number of carbonyl (C=O) groups is 1. The quantitative estimate of drug-likeness (QED) is 0.228. The Labute approximate surface area is 224 Å². The van der Waals surface area contributed by atoms with Gasteiger partial charge in [0.05, 0.1) is 11.4 Å². The zero-order chi connectivity index (χ0) is 26.2. The van der Waals surface area contributed by atoms with Crippen LogP contribution in [-0.2, 0) is 16.8 Å². The molecule has 2 aromatic carbocycles. The largest absolute Gasteiger partial charge is 0.438 e. The van der Waals surface area contributed by atoms with Gasteiger partial charge in [0.2, 0.25) is 5.88 Å². The van der Waals surface area contributed by atoms with Crippen molar-refractivity contribution in [3.8, 4) is 11.6 Å². The van der Waals surface area contributed by atoms with Crippen LogP contribution in [0.2, 0.25) is 0 Å². The lowest BCUT2D eigenvalue weighted by molar-refractivity contribution is -0.122. The third kappa shape index (κ3) is 5.21. The predicted molar refractivity (Wildman–Crippen MR) is 152 cm³/mol. The molecule has 2 aromatic heterocycles. The van der Waals surface area contributed by atoms with Gasteiger partial charge in [0.1, 0.15) is 21.3 Å². The predicted octanol–water partition coefficient (Wildman–Crippen LogP) is 6.19. The van der Waals surface area contributed by atoms with E-state index in [2.05, 4.69) is 25.8 Å². The highest BCUT2D eigenvalue weighted by atomic mass is 32.2. The molecule has 3 heterocycles. The molecular weight excluding hydrogens is 502 g/mol. The lowest BCUT2D eigenvalue weighted by Crippen LogP contribution is -2.27. The van der Waals surface area contributed by atoms with Crippen LogP contribution < -0.4 is 10.3 Å². The number of benzene rings is 2. The number of carbonyl (C=O) groups excluding carboxylic acids is 1. The van der Waals surface area contributed by atoms with E-state index >= 15 is 0 Å². The molecule has 1 amide bonds. The van der Waals surface area contributed by atoms with Crippen LogP contribution in [0.15, 0.2) is 88.7 Å². The number of hydrogen-bond donors (Lipinski definition) is 0. The highest BCUT2D eigenvalue weighted by Crippen LogP contribution is 2.35. The molecule has 5 rings (SSSR count). The normalized spacial score (nSPS) is 15.1. The number of hydrogen-bond acceptors (Lipinski definition) is 6. The minimum absolute atomic E-state index is 0.00175. The van der Waals surface area contributed by atoms with Crippen LogP contribution in [-0.4, -0.2) is 24.5 Å². The highest BCUT2D eigenvalue weighted by molar-refractivity contribution is 8.26. The molecule has 0 unspecified atom stereocenters. The lowest BCUT2D eigenvalue weighted by atomic mass is 9.87. The van der Waals surface area contributed by atoms with Gasteiger partial charge in [-0.15, -0.1) is 0 Å². The Balaban J connectivity index is 1.54. The summed E-state index contributed by atoms with van der Waals surface area (Å²) in [5, 5.41) is 0. The topological polar surface area (TPSA) is 63.9 Å². The van der Waals surface area contributed by atoms with Crippen molar-refractivity contribution in [1.82, 2.24) is 14.3 Å². The van der Waals surface area contributed by atoms with E-state index in [-0.39, 0.29) is 28.3 Å². The first-order valence-electron chi connectivity index (χ1n) is 11.8. The van der Waals surface area contributed by atoms with E-state index in [4.69, 9.17) is 17.0 Å². The Hall–Kier alpha value is -3.75. The summed E-state index contributed by atoms with van der Waals surface area (Å²) in [5.41, 5.74) is 2.42. The summed E-state index contributed by atoms with van der Waals surface area (Å²) in [7, 11) is 0. The number of aromatic nitrogens is 2. The summed E-state index contributed by atoms with van der Waals surface area (Å²) in [4.78, 5) is 33.3. The van der Waals surface area contributed by atoms with Gasteiger partial charge in [-0.3, -0.25) is 18.9 Å². The molecule has 0 aliphatic carbocycles. The van der Waals surface area contributed by atoms with Gasteiger partial charge in [-0.05, 0) is 46.9 Å². The molecule has 0 atom stereocenters. The maximum absolute atomic E-state index is 13.5. The van der Waals surface area contributed by atoms with E-state index < -0.39 is 0 Å². The summed E-state index contributed by atoms with van der Waals surface area (Å²) < 4.78 is 8.00. The molecule has 1 aliphatic heterocycles. The number of nitrogens with zero attached hydrogens (tertiary/aromatic N) is 3. The van der Waals surface area contributed by atoms with Gasteiger partial charge in [-0.25, -0.2) is 0 Å². The molecule has 0 bridgehead atoms. The number of pyridine rings is 1. The molecule has 0 spiro atoms. The standard InChI is InChI=1S/C29H25N3O3S2/c1-29(2,3)20-12-14-21(15-13-20)35-25-22(26(33)31-16-8-7-11-24(31)30-25)17-23-27(34)32(28(36)37-23)18-19-9-5-4-6-10-19/h4-17H,18H2,1-3H3/b23-17+. The van der Waals surface area contributed by atoms with Crippen molar-refractivity contribution >= 4 is 45.9 Å². The highest BCUT2D eigenvalue weighted by Gasteiger charge is 2.33. The van der Waals surface area contributed by atoms with E-state index in [0.29, 0.717) is 27.2 Å². The molecule has 6 nitrogen and oxygen atoms in total. The fourth-order valence-corrected chi connectivity index (χ4v) is 5.19. The smallest absolute Gasteiger partial charge is 0.269 e. The summed E-state index contributed by atoms with van der Waals surface area (Å²) in [6.45, 7) is 6.78. The van der Waals surface area contributed by atoms with Crippen LogP contribution in [0.4, 0.5) is 0 Å². The van der Waals surface area contributed by atoms with Crippen LogP contribution >= 0.6 is 24.0 Å². The number of rotatable bonds is 5. The van der Waals surface area contributed by atoms with E-state index in [9.17, 15) is 9.59 Å². The van der Waals surface area contributed by atoms with Crippen molar-refractivity contribution in [3.63, 3.8) is 0 Å². The first kappa shape index (κ1) is 24.9. The van der Waals surface area contributed by atoms with Crippen LogP contribution in [0, 0.1) is 0 Å². The first-order valence-corrected chi connectivity index (χ1v) is 13.0. The molecule has 186 valence electrons. The second-order valence-electron chi connectivity index (χ2n) is 9.69. The second kappa shape index (κ2) is 9.95. The van der Waals surface area contributed by atoms with Crippen molar-refractivity contribution in [1.29, 1.82) is 0 Å². The fraction of sp³-hybridized carbons (Fsp3) is 0.172. The third-order valence-electron chi connectivity index (χ3n) is 6.00. The van der Waals surface area contributed by atoms with Gasteiger partial charge >= 0.3 is 0 Å². The van der Waals surface area contributed by atoms with Gasteiger partial charge in [0.25, 0.3) is 11.5 Å². The third-order valence-corrected chi connectivity index (χ3v) is 7.38. The van der Waals surface area contributed by atoms with E-state index in [1.54, 1.807) is 29.3 Å². The van der Waals surface area contributed by atoms with Crippen LogP contribution in [0.5, 0.6) is 11.6 Å². The minimum atomic E-state index is -0.333. The number of amides is 1. The van der Waals surface area contributed by atoms with Crippen LogP contribution in [0.25, 0.3) is 11.7 Å². The van der Waals surface area contributed by atoms with Crippen LogP contribution in [0.1, 0.15) is 37.5 Å². The summed E-state index contributed by atoms with van der Waals surface area (Å²) in [6.07, 6.45) is 3.18. The van der Waals surface area contributed by atoms with E-state index in [1.807, 2.05) is 54.6 Å². The van der Waals surface area contributed by atoms with Gasteiger partial charge in [-0.2, -0.15) is 4.98 Å². The van der Waals surface area contributed by atoms with E-state index in [0.717, 1.165) is 11.1 Å². The molecule has 37 heavy (non-hydrogen) atoms. The number of thiocarbonyl (C=S) groups is 1. The molecule has 8 heteroatoms.